The summed E-state index contributed by atoms with van der Waals surface area (Å²) >= 11 is 1.59. The van der Waals surface area contributed by atoms with Crippen LogP contribution in [0.2, 0.25) is 0 Å². The third-order valence-electron chi connectivity index (χ3n) is 4.51. The van der Waals surface area contributed by atoms with Crippen LogP contribution in [0.25, 0.3) is 0 Å². The molecule has 2 N–H and O–H groups in total. The second kappa shape index (κ2) is 6.29. The molecule has 2 aliphatic rings. The zero-order valence-corrected chi connectivity index (χ0v) is 15.3. The molecule has 0 unspecified atom stereocenters. The van der Waals surface area contributed by atoms with Gasteiger partial charge >= 0.3 is 0 Å². The van der Waals surface area contributed by atoms with Crippen LogP contribution in [-0.4, -0.2) is 34.6 Å². The van der Waals surface area contributed by atoms with Crippen molar-refractivity contribution in [3.8, 4) is 11.5 Å². The van der Waals surface area contributed by atoms with Gasteiger partial charge in [0.1, 0.15) is 17.6 Å². The molecule has 0 bridgehead atoms. The zero-order valence-electron chi connectivity index (χ0n) is 14.5. The molecule has 1 amide bonds. The minimum atomic E-state index is -0.0425. The van der Waals surface area contributed by atoms with Crippen molar-refractivity contribution in [2.75, 3.05) is 17.7 Å². The summed E-state index contributed by atoms with van der Waals surface area (Å²) in [5.41, 5.74) is 4.16. The van der Waals surface area contributed by atoms with Gasteiger partial charge in [-0.05, 0) is 32.9 Å². The Morgan fingerprint density at radius 3 is 3.08 bits per heavy atom. The number of H-pyrrole nitrogens is 1. The Kier molecular flexibility index (Phi) is 4.11. The first-order valence-electron chi connectivity index (χ1n) is 8.49. The van der Waals surface area contributed by atoms with Crippen LogP contribution in [0.5, 0.6) is 11.5 Å². The average molecular weight is 359 g/mol. The summed E-state index contributed by atoms with van der Waals surface area (Å²) in [4.78, 5) is 12.0. The fourth-order valence-corrected chi connectivity index (χ4v) is 4.66. The van der Waals surface area contributed by atoms with Crippen LogP contribution in [0.4, 0.5) is 5.82 Å². The van der Waals surface area contributed by atoms with E-state index in [1.54, 1.807) is 11.8 Å². The van der Waals surface area contributed by atoms with Gasteiger partial charge in [0, 0.05) is 28.8 Å². The lowest BCUT2D eigenvalue weighted by atomic mass is 10.00. The number of anilines is 1. The highest BCUT2D eigenvalue weighted by atomic mass is 32.2. The Morgan fingerprint density at radius 2 is 2.28 bits per heavy atom. The fourth-order valence-electron chi connectivity index (χ4n) is 3.45. The topological polar surface area (TPSA) is 76.2 Å². The maximum atomic E-state index is 12.0. The lowest BCUT2D eigenvalue weighted by Gasteiger charge is -2.20. The number of nitrogens with one attached hydrogen (secondary N) is 2. The van der Waals surface area contributed by atoms with Crippen molar-refractivity contribution >= 4 is 23.5 Å². The van der Waals surface area contributed by atoms with Crippen LogP contribution in [0.3, 0.4) is 0 Å². The van der Waals surface area contributed by atoms with E-state index in [0.717, 1.165) is 34.7 Å². The molecule has 6 nitrogen and oxygen atoms in total. The maximum Gasteiger partial charge on any atom is 0.235 e. The number of thioether (sulfide) groups is 1. The monoisotopic (exact) mass is 359 g/mol. The van der Waals surface area contributed by atoms with E-state index >= 15 is 0 Å². The van der Waals surface area contributed by atoms with E-state index in [4.69, 9.17) is 9.47 Å². The molecule has 2 aliphatic heterocycles. The van der Waals surface area contributed by atoms with Gasteiger partial charge in [-0.3, -0.25) is 9.89 Å². The molecule has 0 saturated heterocycles. The third-order valence-corrected chi connectivity index (χ3v) is 5.76. The van der Waals surface area contributed by atoms with Crippen molar-refractivity contribution in [2.24, 2.45) is 0 Å². The Labute approximate surface area is 150 Å². The number of amides is 1. The third kappa shape index (κ3) is 2.86. The Bertz CT molecular complexity index is 833. The first-order valence-corrected chi connectivity index (χ1v) is 9.54. The molecule has 4 rings (SSSR count). The summed E-state index contributed by atoms with van der Waals surface area (Å²) in [5.74, 6) is 2.72. The molecule has 1 aromatic heterocycles. The summed E-state index contributed by atoms with van der Waals surface area (Å²) in [6.45, 7) is 6.62. The number of nitrogens with zero attached hydrogens (tertiary/aromatic N) is 1. The molecule has 0 radical (unpaired) electrons. The molecule has 132 valence electrons. The van der Waals surface area contributed by atoms with Crippen LogP contribution in [0, 0.1) is 6.92 Å². The first-order chi connectivity index (χ1) is 12.1. The highest BCUT2D eigenvalue weighted by Crippen LogP contribution is 2.48. The molecule has 0 aliphatic carbocycles. The first kappa shape index (κ1) is 16.3. The minimum absolute atomic E-state index is 0.0377. The second-order valence-corrected chi connectivity index (χ2v) is 7.51. The van der Waals surface area contributed by atoms with Crippen LogP contribution in [0.15, 0.2) is 12.1 Å². The number of aromatic amines is 1. The van der Waals surface area contributed by atoms with Gasteiger partial charge in [0.05, 0.1) is 17.6 Å². The summed E-state index contributed by atoms with van der Waals surface area (Å²) in [6, 6.07) is 4.17. The molecule has 0 spiro atoms. The number of carbonyl (C=O) groups excluding carboxylic acids is 1. The predicted octanol–water partition coefficient (Wildman–Crippen LogP) is 3.21. The number of aromatic nitrogens is 2. The van der Waals surface area contributed by atoms with E-state index in [1.807, 2.05) is 13.8 Å². The van der Waals surface area contributed by atoms with Crippen molar-refractivity contribution < 1.29 is 14.3 Å². The standard InChI is InChI=1S/C18H21N3O3S/c1-4-23-14-6-11-5-9(2)24-13(11)7-12(14)17-16-10(3)20-21-18(16)19-15(22)8-25-17/h6-7,9,17H,4-5,8H2,1-3H3,(H2,19,20,21,22)/t9-,17-/m1/s1. The van der Waals surface area contributed by atoms with Crippen LogP contribution in [0.1, 0.15) is 41.5 Å². The van der Waals surface area contributed by atoms with E-state index in [0.29, 0.717) is 18.2 Å². The average Bonchev–Trinajstić information content (AvgIpc) is 3.05. The molecule has 25 heavy (non-hydrogen) atoms. The molecule has 2 aromatic rings. The van der Waals surface area contributed by atoms with E-state index < -0.39 is 0 Å². The Morgan fingerprint density at radius 1 is 1.44 bits per heavy atom. The van der Waals surface area contributed by atoms with Crippen molar-refractivity contribution in [1.29, 1.82) is 0 Å². The van der Waals surface area contributed by atoms with Crippen LogP contribution in [-0.2, 0) is 11.2 Å². The van der Waals surface area contributed by atoms with E-state index in [9.17, 15) is 4.79 Å². The number of hydrogen-bond donors (Lipinski definition) is 2. The molecule has 1 aromatic carbocycles. The predicted molar refractivity (Wildman–Crippen MR) is 97.7 cm³/mol. The number of aryl methyl sites for hydroxylation is 1. The van der Waals surface area contributed by atoms with Gasteiger partial charge in [-0.2, -0.15) is 5.10 Å². The molecule has 3 heterocycles. The van der Waals surface area contributed by atoms with Gasteiger partial charge in [0.15, 0.2) is 5.82 Å². The SMILES string of the molecule is CCOc1cc2c(cc1[C@H]1SCC(=O)Nc3n[nH]c(C)c31)O[C@H](C)C2. The fraction of sp³-hybridized carbons (Fsp3) is 0.444. The normalized spacial score (nSPS) is 21.8. The van der Waals surface area contributed by atoms with E-state index in [2.05, 4.69) is 34.6 Å². The number of hydrogen-bond acceptors (Lipinski definition) is 5. The van der Waals surface area contributed by atoms with E-state index in [1.165, 1.54) is 5.56 Å². The summed E-state index contributed by atoms with van der Waals surface area (Å²) < 4.78 is 11.9. The maximum absolute atomic E-state index is 12.0. The van der Waals surface area contributed by atoms with Gasteiger partial charge in [-0.25, -0.2) is 0 Å². The zero-order chi connectivity index (χ0) is 17.6. The number of benzene rings is 1. The second-order valence-electron chi connectivity index (χ2n) is 6.41. The van der Waals surface area contributed by atoms with Gasteiger partial charge in [0.25, 0.3) is 0 Å². The lowest BCUT2D eigenvalue weighted by Crippen LogP contribution is -2.12. The van der Waals surface area contributed by atoms with E-state index in [-0.39, 0.29) is 17.3 Å². The molecule has 2 atom stereocenters. The Balaban J connectivity index is 1.85. The number of rotatable bonds is 3. The molecular formula is C18H21N3O3S. The number of carbonyl (C=O) groups is 1. The van der Waals surface area contributed by atoms with Crippen LogP contribution >= 0.6 is 11.8 Å². The van der Waals surface area contributed by atoms with Gasteiger partial charge < -0.3 is 14.8 Å². The molecule has 7 heteroatoms. The molecule has 0 fully saturated rings. The number of ether oxygens (including phenoxy) is 2. The van der Waals surface area contributed by atoms with Gasteiger partial charge in [-0.1, -0.05) is 0 Å². The van der Waals surface area contributed by atoms with Gasteiger partial charge in [-0.15, -0.1) is 11.8 Å². The molecular weight excluding hydrogens is 338 g/mol. The largest absolute Gasteiger partial charge is 0.494 e. The highest BCUT2D eigenvalue weighted by molar-refractivity contribution is 8.00. The van der Waals surface area contributed by atoms with Crippen molar-refractivity contribution in [1.82, 2.24) is 10.2 Å². The summed E-state index contributed by atoms with van der Waals surface area (Å²) in [6.07, 6.45) is 1.07. The summed E-state index contributed by atoms with van der Waals surface area (Å²) in [7, 11) is 0. The van der Waals surface area contributed by atoms with Gasteiger partial charge in [0.2, 0.25) is 5.91 Å². The van der Waals surface area contributed by atoms with Crippen molar-refractivity contribution in [3.63, 3.8) is 0 Å². The molecule has 0 saturated carbocycles. The minimum Gasteiger partial charge on any atom is -0.494 e. The lowest BCUT2D eigenvalue weighted by molar-refractivity contribution is -0.113. The highest BCUT2D eigenvalue weighted by Gasteiger charge is 2.32. The quantitative estimate of drug-likeness (QED) is 0.880. The van der Waals surface area contributed by atoms with Crippen molar-refractivity contribution in [3.05, 3.63) is 34.5 Å². The smallest absolute Gasteiger partial charge is 0.235 e. The summed E-state index contributed by atoms with van der Waals surface area (Å²) in [5, 5.41) is 10.1. The number of fused-ring (bicyclic) bond motifs is 2. The van der Waals surface area contributed by atoms with Crippen LogP contribution < -0.4 is 14.8 Å². The van der Waals surface area contributed by atoms with Crippen molar-refractivity contribution in [2.45, 2.75) is 38.5 Å². The Hall–Kier alpha value is -2.15.